The molecule has 28 heavy (non-hydrogen) atoms. The smallest absolute Gasteiger partial charge is 0.280 e. The Labute approximate surface area is 174 Å². The zero-order chi connectivity index (χ0) is 19.7. The van der Waals surface area contributed by atoms with Crippen LogP contribution in [0.2, 0.25) is 0 Å². The highest BCUT2D eigenvalue weighted by molar-refractivity contribution is 9.10. The summed E-state index contributed by atoms with van der Waals surface area (Å²) < 4.78 is 2.53. The third kappa shape index (κ3) is 3.63. The van der Waals surface area contributed by atoms with Gasteiger partial charge in [0.1, 0.15) is 0 Å². The number of H-pyrrole nitrogens is 1. The van der Waals surface area contributed by atoms with Gasteiger partial charge in [0.15, 0.2) is 0 Å². The number of aromatic nitrogens is 3. The molecule has 0 aliphatic rings. The third-order valence-corrected chi connectivity index (χ3v) is 5.62. The van der Waals surface area contributed by atoms with Gasteiger partial charge in [-0.3, -0.25) is 9.89 Å². The van der Waals surface area contributed by atoms with E-state index in [9.17, 15) is 4.79 Å². The Bertz CT molecular complexity index is 1220. The Kier molecular flexibility index (Phi) is 5.11. The summed E-state index contributed by atoms with van der Waals surface area (Å²) in [6.45, 7) is 3.84. The summed E-state index contributed by atoms with van der Waals surface area (Å²) in [7, 11) is 0. The van der Waals surface area contributed by atoms with Crippen LogP contribution in [0.4, 0.5) is 5.13 Å². The third-order valence-electron chi connectivity index (χ3n) is 4.38. The molecule has 2 aromatic carbocycles. The SMILES string of the molecule is Cc1cc(Br)ccc1-n1[nH]c(C)c(C=Nc2nc(-c3ccccc3)cs2)c1=O. The van der Waals surface area contributed by atoms with Gasteiger partial charge >= 0.3 is 0 Å². The number of nitrogens with zero attached hydrogens (tertiary/aromatic N) is 3. The van der Waals surface area contributed by atoms with Crippen LogP contribution in [0.25, 0.3) is 16.9 Å². The highest BCUT2D eigenvalue weighted by Gasteiger charge is 2.13. The second kappa shape index (κ2) is 7.69. The minimum atomic E-state index is -0.133. The molecule has 1 N–H and O–H groups in total. The molecule has 4 rings (SSSR count). The number of aryl methyl sites for hydroxylation is 2. The monoisotopic (exact) mass is 452 g/mol. The van der Waals surface area contributed by atoms with Crippen LogP contribution >= 0.6 is 27.3 Å². The summed E-state index contributed by atoms with van der Waals surface area (Å²) in [5.74, 6) is 0. The number of nitrogens with one attached hydrogen (secondary N) is 1. The van der Waals surface area contributed by atoms with Gasteiger partial charge < -0.3 is 0 Å². The number of rotatable bonds is 4. The van der Waals surface area contributed by atoms with E-state index in [2.05, 4.69) is 31.0 Å². The lowest BCUT2D eigenvalue weighted by Crippen LogP contribution is -2.18. The van der Waals surface area contributed by atoms with E-state index in [0.29, 0.717) is 10.7 Å². The maximum absolute atomic E-state index is 12.9. The van der Waals surface area contributed by atoms with Crippen LogP contribution in [0.3, 0.4) is 0 Å². The molecule has 0 saturated carbocycles. The molecule has 0 fully saturated rings. The van der Waals surface area contributed by atoms with Gasteiger partial charge in [-0.05, 0) is 37.6 Å². The van der Waals surface area contributed by atoms with E-state index in [1.54, 1.807) is 10.9 Å². The van der Waals surface area contributed by atoms with E-state index in [0.717, 1.165) is 32.7 Å². The van der Waals surface area contributed by atoms with Crippen LogP contribution in [-0.2, 0) is 0 Å². The summed E-state index contributed by atoms with van der Waals surface area (Å²) in [6, 6.07) is 15.8. The summed E-state index contributed by atoms with van der Waals surface area (Å²) in [6.07, 6.45) is 1.59. The first-order chi connectivity index (χ1) is 13.5. The molecule has 0 spiro atoms. The molecular formula is C21H17BrN4OS. The molecule has 2 aromatic heterocycles. The van der Waals surface area contributed by atoms with Crippen molar-refractivity contribution < 1.29 is 0 Å². The van der Waals surface area contributed by atoms with Crippen LogP contribution in [0.5, 0.6) is 0 Å². The lowest BCUT2D eigenvalue weighted by Gasteiger charge is -2.06. The fraction of sp³-hybridized carbons (Fsp3) is 0.0952. The van der Waals surface area contributed by atoms with E-state index in [4.69, 9.17) is 0 Å². The molecule has 5 nitrogen and oxygen atoms in total. The van der Waals surface area contributed by atoms with Gasteiger partial charge in [-0.2, -0.15) is 0 Å². The largest absolute Gasteiger partial charge is 0.295 e. The number of aliphatic imine (C=N–C) groups is 1. The van der Waals surface area contributed by atoms with Gasteiger partial charge in [-0.15, -0.1) is 11.3 Å². The molecule has 2 heterocycles. The van der Waals surface area contributed by atoms with Crippen LogP contribution in [0.1, 0.15) is 16.8 Å². The van der Waals surface area contributed by atoms with Crippen molar-refractivity contribution in [1.82, 2.24) is 14.8 Å². The Morgan fingerprint density at radius 3 is 2.71 bits per heavy atom. The van der Waals surface area contributed by atoms with E-state index in [1.165, 1.54) is 11.3 Å². The number of thiazole rings is 1. The summed E-state index contributed by atoms with van der Waals surface area (Å²) in [5.41, 5.74) is 4.89. The van der Waals surface area contributed by atoms with Crippen molar-refractivity contribution >= 4 is 38.6 Å². The highest BCUT2D eigenvalue weighted by Crippen LogP contribution is 2.26. The van der Waals surface area contributed by atoms with Gasteiger partial charge in [-0.25, -0.2) is 14.7 Å². The molecule has 0 atom stereocenters. The number of hydrogen-bond donors (Lipinski definition) is 1. The summed E-state index contributed by atoms with van der Waals surface area (Å²) >= 11 is 4.90. The van der Waals surface area contributed by atoms with Gasteiger partial charge in [0, 0.05) is 27.3 Å². The standard InChI is InChI=1S/C21H17BrN4OS/c1-13-10-16(22)8-9-19(13)26-20(27)17(14(2)25-26)11-23-21-24-18(12-28-21)15-6-4-3-5-7-15/h3-12,25H,1-2H3. The molecule has 4 aromatic rings. The first-order valence-electron chi connectivity index (χ1n) is 8.66. The molecule has 140 valence electrons. The van der Waals surface area contributed by atoms with E-state index < -0.39 is 0 Å². The zero-order valence-corrected chi connectivity index (χ0v) is 17.7. The van der Waals surface area contributed by atoms with Crippen molar-refractivity contribution in [2.24, 2.45) is 4.99 Å². The zero-order valence-electron chi connectivity index (χ0n) is 15.3. The van der Waals surface area contributed by atoms with Crippen LogP contribution in [0, 0.1) is 13.8 Å². The molecular weight excluding hydrogens is 436 g/mol. The topological polar surface area (TPSA) is 63.0 Å². The molecule has 0 amide bonds. The van der Waals surface area contributed by atoms with Crippen LogP contribution < -0.4 is 5.56 Å². The van der Waals surface area contributed by atoms with Gasteiger partial charge in [-0.1, -0.05) is 46.3 Å². The first kappa shape index (κ1) is 18.6. The Morgan fingerprint density at radius 1 is 1.18 bits per heavy atom. The van der Waals surface area contributed by atoms with Crippen LogP contribution in [-0.4, -0.2) is 21.0 Å². The Morgan fingerprint density at radius 2 is 1.96 bits per heavy atom. The number of aromatic amines is 1. The number of halogens is 1. The van der Waals surface area contributed by atoms with Crippen molar-refractivity contribution in [2.45, 2.75) is 13.8 Å². The lowest BCUT2D eigenvalue weighted by atomic mass is 10.2. The fourth-order valence-corrected chi connectivity index (χ4v) is 4.08. The van der Waals surface area contributed by atoms with Gasteiger partial charge in [0.25, 0.3) is 5.56 Å². The quantitative estimate of drug-likeness (QED) is 0.420. The van der Waals surface area contributed by atoms with E-state index in [1.807, 2.05) is 67.8 Å². The van der Waals surface area contributed by atoms with Gasteiger partial charge in [0.05, 0.1) is 16.9 Å². The lowest BCUT2D eigenvalue weighted by molar-refractivity contribution is 0.828. The van der Waals surface area contributed by atoms with Crippen LogP contribution in [0.15, 0.2) is 68.2 Å². The Hall–Kier alpha value is -2.77. The van der Waals surface area contributed by atoms with E-state index >= 15 is 0 Å². The van der Waals surface area contributed by atoms with Crippen molar-refractivity contribution in [3.63, 3.8) is 0 Å². The predicted molar refractivity (Wildman–Crippen MR) is 118 cm³/mol. The first-order valence-corrected chi connectivity index (χ1v) is 10.3. The van der Waals surface area contributed by atoms with Crippen molar-refractivity contribution in [2.75, 3.05) is 0 Å². The average Bonchev–Trinajstić information content (AvgIpc) is 3.26. The predicted octanol–water partition coefficient (Wildman–Crippen LogP) is 5.42. The average molecular weight is 453 g/mol. The minimum Gasteiger partial charge on any atom is -0.295 e. The van der Waals surface area contributed by atoms with Crippen molar-refractivity contribution in [1.29, 1.82) is 0 Å². The molecule has 0 bridgehead atoms. The Balaban J connectivity index is 1.65. The summed E-state index contributed by atoms with van der Waals surface area (Å²) in [4.78, 5) is 21.9. The van der Waals surface area contributed by atoms with Crippen molar-refractivity contribution in [3.8, 4) is 16.9 Å². The van der Waals surface area contributed by atoms with Gasteiger partial charge in [0.2, 0.25) is 5.13 Å². The number of benzene rings is 2. The molecule has 0 aliphatic carbocycles. The minimum absolute atomic E-state index is 0.133. The molecule has 0 saturated heterocycles. The molecule has 0 radical (unpaired) electrons. The van der Waals surface area contributed by atoms with E-state index in [-0.39, 0.29) is 5.56 Å². The summed E-state index contributed by atoms with van der Waals surface area (Å²) in [5, 5.41) is 5.72. The normalized spacial score (nSPS) is 11.4. The maximum atomic E-state index is 12.9. The van der Waals surface area contributed by atoms with Crippen molar-refractivity contribution in [3.05, 3.63) is 85.6 Å². The molecule has 0 unspecified atom stereocenters. The molecule has 7 heteroatoms. The fourth-order valence-electron chi connectivity index (χ4n) is 2.94. The molecule has 0 aliphatic heterocycles. The maximum Gasteiger partial charge on any atom is 0.280 e. The number of hydrogen-bond acceptors (Lipinski definition) is 4. The highest BCUT2D eigenvalue weighted by atomic mass is 79.9. The second-order valence-corrected chi connectivity index (χ2v) is 8.11. The second-order valence-electron chi connectivity index (χ2n) is 6.36.